The molecule has 0 saturated carbocycles. The third-order valence-electron chi connectivity index (χ3n) is 3.51. The Kier molecular flexibility index (Phi) is 6.52. The number of anilines is 1. The van der Waals surface area contributed by atoms with Crippen molar-refractivity contribution in [1.29, 1.82) is 0 Å². The molecular weight excluding hydrogens is 340 g/mol. The number of benzene rings is 1. The third-order valence-corrected chi connectivity index (χ3v) is 4.67. The second-order valence-electron chi connectivity index (χ2n) is 5.32. The van der Waals surface area contributed by atoms with E-state index < -0.39 is 5.97 Å². The van der Waals surface area contributed by atoms with Gasteiger partial charge >= 0.3 is 5.97 Å². The van der Waals surface area contributed by atoms with Gasteiger partial charge < -0.3 is 9.47 Å². The lowest BCUT2D eigenvalue weighted by Gasteiger charge is -2.19. The van der Waals surface area contributed by atoms with Gasteiger partial charge in [0.25, 0.3) is 5.91 Å². The van der Waals surface area contributed by atoms with Crippen LogP contribution in [0, 0.1) is 6.92 Å². The standard InChI is InChI=1S/C18H22N2O4S/c1-5-11-20(16(21)13-7-9-14(23-4)10-8-13)18-19-12(3)15(25-18)17(22)24-6-2/h7-10H,5-6,11H2,1-4H3. The van der Waals surface area contributed by atoms with Gasteiger partial charge in [0.1, 0.15) is 10.6 Å². The van der Waals surface area contributed by atoms with Crippen molar-refractivity contribution in [2.45, 2.75) is 27.2 Å². The predicted molar refractivity (Wildman–Crippen MR) is 97.8 cm³/mol. The summed E-state index contributed by atoms with van der Waals surface area (Å²) in [7, 11) is 1.58. The molecule has 1 aromatic heterocycles. The molecule has 0 N–H and O–H groups in total. The van der Waals surface area contributed by atoms with Gasteiger partial charge in [-0.2, -0.15) is 0 Å². The molecule has 0 bridgehead atoms. The highest BCUT2D eigenvalue weighted by atomic mass is 32.1. The molecule has 25 heavy (non-hydrogen) atoms. The molecule has 0 unspecified atom stereocenters. The number of aromatic nitrogens is 1. The number of aryl methyl sites for hydroxylation is 1. The Morgan fingerprint density at radius 1 is 1.20 bits per heavy atom. The molecule has 134 valence electrons. The van der Waals surface area contributed by atoms with Crippen LogP contribution in [0.15, 0.2) is 24.3 Å². The van der Waals surface area contributed by atoms with Crippen molar-refractivity contribution in [3.63, 3.8) is 0 Å². The zero-order chi connectivity index (χ0) is 18.4. The minimum Gasteiger partial charge on any atom is -0.497 e. The molecule has 0 spiro atoms. The zero-order valence-electron chi connectivity index (χ0n) is 14.9. The summed E-state index contributed by atoms with van der Waals surface area (Å²) in [6.45, 7) is 6.30. The van der Waals surface area contributed by atoms with Crippen molar-refractivity contribution in [3.8, 4) is 5.75 Å². The number of ether oxygens (including phenoxy) is 2. The van der Waals surface area contributed by atoms with Crippen LogP contribution in [0.2, 0.25) is 0 Å². The highest BCUT2D eigenvalue weighted by Gasteiger charge is 2.24. The van der Waals surface area contributed by atoms with E-state index in [4.69, 9.17) is 9.47 Å². The van der Waals surface area contributed by atoms with E-state index in [-0.39, 0.29) is 5.91 Å². The summed E-state index contributed by atoms with van der Waals surface area (Å²) in [5.74, 6) is 0.124. The summed E-state index contributed by atoms with van der Waals surface area (Å²) in [5, 5.41) is 0.503. The maximum Gasteiger partial charge on any atom is 0.350 e. The topological polar surface area (TPSA) is 68.7 Å². The van der Waals surface area contributed by atoms with Gasteiger partial charge in [0.05, 0.1) is 19.4 Å². The van der Waals surface area contributed by atoms with Crippen LogP contribution in [0.4, 0.5) is 5.13 Å². The Balaban J connectivity index is 2.32. The molecule has 6 nitrogen and oxygen atoms in total. The first-order valence-corrected chi connectivity index (χ1v) is 8.93. The maximum absolute atomic E-state index is 12.9. The maximum atomic E-state index is 12.9. The zero-order valence-corrected chi connectivity index (χ0v) is 15.7. The fourth-order valence-electron chi connectivity index (χ4n) is 2.28. The van der Waals surface area contributed by atoms with Gasteiger partial charge in [0.15, 0.2) is 5.13 Å². The van der Waals surface area contributed by atoms with Crippen LogP contribution in [0.1, 0.15) is 46.0 Å². The van der Waals surface area contributed by atoms with Crippen LogP contribution < -0.4 is 9.64 Å². The number of thiazole rings is 1. The molecule has 0 fully saturated rings. The average Bonchev–Trinajstić information content (AvgIpc) is 3.01. The first-order valence-electron chi connectivity index (χ1n) is 8.12. The van der Waals surface area contributed by atoms with Crippen molar-refractivity contribution in [3.05, 3.63) is 40.4 Å². The highest BCUT2D eigenvalue weighted by molar-refractivity contribution is 7.17. The Bertz CT molecular complexity index is 740. The van der Waals surface area contributed by atoms with Crippen molar-refractivity contribution in [1.82, 2.24) is 4.98 Å². The summed E-state index contributed by atoms with van der Waals surface area (Å²) in [6, 6.07) is 6.93. The number of carbonyl (C=O) groups excluding carboxylic acids is 2. The molecule has 1 amide bonds. The molecule has 1 heterocycles. The molecular formula is C18H22N2O4S. The second-order valence-corrected chi connectivity index (χ2v) is 6.29. The molecule has 0 saturated heterocycles. The molecule has 7 heteroatoms. The van der Waals surface area contributed by atoms with E-state index in [9.17, 15) is 9.59 Å². The second kappa shape index (κ2) is 8.62. The number of amides is 1. The lowest BCUT2D eigenvalue weighted by Crippen LogP contribution is -2.31. The number of rotatable bonds is 7. The van der Waals surface area contributed by atoms with E-state index in [1.807, 2.05) is 6.92 Å². The molecule has 2 rings (SSSR count). The van der Waals surface area contributed by atoms with Gasteiger partial charge in [-0.3, -0.25) is 9.69 Å². The van der Waals surface area contributed by atoms with Gasteiger partial charge in [0, 0.05) is 12.1 Å². The Morgan fingerprint density at radius 3 is 2.44 bits per heavy atom. The summed E-state index contributed by atoms with van der Waals surface area (Å²) in [4.78, 5) is 31.3. The lowest BCUT2D eigenvalue weighted by atomic mass is 10.2. The smallest absolute Gasteiger partial charge is 0.350 e. The van der Waals surface area contributed by atoms with Gasteiger partial charge in [0.2, 0.25) is 0 Å². The summed E-state index contributed by atoms with van der Waals surface area (Å²) in [5.41, 5.74) is 1.11. The monoisotopic (exact) mass is 362 g/mol. The van der Waals surface area contributed by atoms with E-state index in [1.165, 1.54) is 11.3 Å². The SMILES string of the molecule is CCCN(C(=O)c1ccc(OC)cc1)c1nc(C)c(C(=O)OCC)s1. The first-order chi connectivity index (χ1) is 12.0. The van der Waals surface area contributed by atoms with Gasteiger partial charge in [-0.25, -0.2) is 9.78 Å². The summed E-state index contributed by atoms with van der Waals surface area (Å²) < 4.78 is 10.2. The van der Waals surface area contributed by atoms with Crippen LogP contribution in [-0.4, -0.2) is 37.1 Å². The van der Waals surface area contributed by atoms with Gasteiger partial charge in [-0.1, -0.05) is 18.3 Å². The van der Waals surface area contributed by atoms with Crippen molar-refractivity contribution in [2.75, 3.05) is 25.2 Å². The molecule has 2 aromatic rings. The number of esters is 1. The molecule has 0 atom stereocenters. The van der Waals surface area contributed by atoms with E-state index in [1.54, 1.807) is 50.1 Å². The van der Waals surface area contributed by atoms with Crippen molar-refractivity contribution in [2.24, 2.45) is 0 Å². The van der Waals surface area contributed by atoms with Crippen LogP contribution in [0.25, 0.3) is 0 Å². The largest absolute Gasteiger partial charge is 0.497 e. The van der Waals surface area contributed by atoms with Gasteiger partial charge in [-0.15, -0.1) is 0 Å². The first kappa shape index (κ1) is 18.9. The quantitative estimate of drug-likeness (QED) is 0.703. The number of methoxy groups -OCH3 is 1. The fraction of sp³-hybridized carbons (Fsp3) is 0.389. The predicted octanol–water partition coefficient (Wildman–Crippen LogP) is 3.69. The average molecular weight is 362 g/mol. The number of carbonyl (C=O) groups is 2. The Morgan fingerprint density at radius 2 is 1.88 bits per heavy atom. The van der Waals surface area contributed by atoms with E-state index in [0.717, 1.165) is 6.42 Å². The molecule has 0 aliphatic rings. The fourth-order valence-corrected chi connectivity index (χ4v) is 3.27. The van der Waals surface area contributed by atoms with E-state index in [2.05, 4.69) is 4.98 Å². The van der Waals surface area contributed by atoms with Crippen LogP contribution in [0.3, 0.4) is 0 Å². The summed E-state index contributed by atoms with van der Waals surface area (Å²) >= 11 is 1.18. The lowest BCUT2D eigenvalue weighted by molar-refractivity contribution is 0.0531. The van der Waals surface area contributed by atoms with Crippen molar-refractivity contribution >= 4 is 28.3 Å². The van der Waals surface area contributed by atoms with E-state index >= 15 is 0 Å². The van der Waals surface area contributed by atoms with Crippen LogP contribution >= 0.6 is 11.3 Å². The highest BCUT2D eigenvalue weighted by Crippen LogP contribution is 2.28. The number of hydrogen-bond donors (Lipinski definition) is 0. The molecule has 1 aromatic carbocycles. The number of hydrogen-bond acceptors (Lipinski definition) is 6. The number of nitrogens with zero attached hydrogens (tertiary/aromatic N) is 2. The molecule has 0 aliphatic carbocycles. The summed E-state index contributed by atoms with van der Waals surface area (Å²) in [6.07, 6.45) is 0.773. The normalized spacial score (nSPS) is 10.4. The Labute approximate surface area is 151 Å². The Hall–Kier alpha value is -2.41. The van der Waals surface area contributed by atoms with Gasteiger partial charge in [-0.05, 0) is 44.5 Å². The van der Waals surface area contributed by atoms with Crippen LogP contribution in [-0.2, 0) is 4.74 Å². The molecule has 0 aliphatic heterocycles. The van der Waals surface area contributed by atoms with Crippen LogP contribution in [0.5, 0.6) is 5.75 Å². The third kappa shape index (κ3) is 4.36. The van der Waals surface area contributed by atoms with E-state index in [0.29, 0.717) is 40.2 Å². The minimum atomic E-state index is -0.405. The molecule has 0 radical (unpaired) electrons. The minimum absolute atomic E-state index is 0.159. The van der Waals surface area contributed by atoms with Crippen molar-refractivity contribution < 1.29 is 19.1 Å².